The van der Waals surface area contributed by atoms with E-state index < -0.39 is 0 Å². The lowest BCUT2D eigenvalue weighted by Crippen LogP contribution is -2.21. The topological polar surface area (TPSA) is 32.3 Å². The number of aryl methyl sites for hydroxylation is 2. The first-order chi connectivity index (χ1) is 10.7. The van der Waals surface area contributed by atoms with E-state index in [-0.39, 0.29) is 10.9 Å². The van der Waals surface area contributed by atoms with Gasteiger partial charge in [0.2, 0.25) is 0 Å². The average Bonchev–Trinajstić information content (AvgIpc) is 2.46. The molecule has 122 valence electrons. The van der Waals surface area contributed by atoms with Crippen LogP contribution in [0.5, 0.6) is 5.75 Å². The number of rotatable bonds is 3. The molecule has 2 aromatic rings. The number of hydrogen-bond donors (Lipinski definition) is 0. The summed E-state index contributed by atoms with van der Waals surface area (Å²) >= 11 is 0. The summed E-state index contributed by atoms with van der Waals surface area (Å²) in [6.07, 6.45) is 0. The quantitative estimate of drug-likeness (QED) is 0.805. The summed E-state index contributed by atoms with van der Waals surface area (Å²) in [7, 11) is 2.34. The smallest absolute Gasteiger partial charge is 0.118 e. The average molecular weight is 327 g/mol. The van der Waals surface area contributed by atoms with Crippen molar-refractivity contribution in [1.82, 2.24) is 0 Å². The van der Waals surface area contributed by atoms with Crippen molar-refractivity contribution >= 4 is 19.0 Å². The lowest BCUT2D eigenvalue weighted by atomic mass is 9.84. The van der Waals surface area contributed by atoms with Crippen LogP contribution in [0.4, 0.5) is 0 Å². The zero-order valence-electron chi connectivity index (χ0n) is 14.7. The molecule has 3 heteroatoms. The van der Waals surface area contributed by atoms with Crippen molar-refractivity contribution in [2.75, 3.05) is 7.11 Å². The molecule has 0 atom stereocenters. The van der Waals surface area contributed by atoms with Gasteiger partial charge in [-0.15, -0.1) is 5.48 Å². The number of hydrogen-bond acceptors (Lipinski definition) is 2. The van der Waals surface area contributed by atoms with E-state index in [1.807, 2.05) is 38.1 Å². The summed E-state index contributed by atoms with van der Waals surface area (Å²) in [6.45, 7) is 10.6. The van der Waals surface area contributed by atoms with Crippen LogP contribution in [-0.2, 0) is 5.41 Å². The first-order valence-electron chi connectivity index (χ1n) is 7.74. The molecule has 0 saturated carbocycles. The van der Waals surface area contributed by atoms with E-state index in [9.17, 15) is 5.11 Å². The zero-order chi connectivity index (χ0) is 17.2. The molecule has 2 nitrogen and oxygen atoms in total. The molecule has 0 aliphatic carbocycles. The molecule has 0 aromatic heterocycles. The molecule has 0 N–H and O–H groups in total. The van der Waals surface area contributed by atoms with Crippen LogP contribution in [0.15, 0.2) is 36.4 Å². The molecule has 0 heterocycles. The van der Waals surface area contributed by atoms with Crippen LogP contribution in [0.1, 0.15) is 43.0 Å². The van der Waals surface area contributed by atoms with Crippen LogP contribution in [0.25, 0.3) is 0 Å². The highest BCUT2D eigenvalue weighted by molar-refractivity contribution is 7.49. The second-order valence-corrected chi connectivity index (χ2v) is 8.00. The third-order valence-electron chi connectivity index (χ3n) is 3.92. The van der Waals surface area contributed by atoms with E-state index in [0.717, 1.165) is 27.7 Å². The first kappa shape index (κ1) is 17.7. The SMILES string of the molecule is COc1ccc(P=C([O-])c2c(C)cc(C(C)(C)C)cc2C)cc1. The Morgan fingerprint density at radius 1 is 1.00 bits per heavy atom. The lowest BCUT2D eigenvalue weighted by molar-refractivity contribution is -0.207. The normalized spacial score (nSPS) is 12.4. The molecule has 0 unspecified atom stereocenters. The molecule has 0 aliphatic heterocycles. The van der Waals surface area contributed by atoms with Gasteiger partial charge in [0.25, 0.3) is 0 Å². The summed E-state index contributed by atoms with van der Waals surface area (Å²) in [5.74, 6) is 0.804. The largest absolute Gasteiger partial charge is 0.823 e. The van der Waals surface area contributed by atoms with Crippen molar-refractivity contribution in [3.8, 4) is 5.75 Å². The van der Waals surface area contributed by atoms with Gasteiger partial charge in [0.1, 0.15) is 5.75 Å². The predicted molar refractivity (Wildman–Crippen MR) is 98.3 cm³/mol. The second kappa shape index (κ2) is 6.86. The van der Waals surface area contributed by atoms with Crippen molar-refractivity contribution in [2.45, 2.75) is 40.0 Å². The molecule has 0 amide bonds. The molecule has 0 saturated heterocycles. The Kier molecular flexibility index (Phi) is 5.29. The highest BCUT2D eigenvalue weighted by Gasteiger charge is 2.16. The first-order valence-corrected chi connectivity index (χ1v) is 8.63. The second-order valence-electron chi connectivity index (χ2n) is 6.85. The van der Waals surface area contributed by atoms with E-state index in [4.69, 9.17) is 4.74 Å². The minimum atomic E-state index is 0.0881. The fourth-order valence-corrected chi connectivity index (χ4v) is 3.56. The van der Waals surface area contributed by atoms with Gasteiger partial charge in [0.05, 0.1) is 7.11 Å². The lowest BCUT2D eigenvalue weighted by Gasteiger charge is -2.24. The molecule has 2 rings (SSSR count). The van der Waals surface area contributed by atoms with E-state index in [0.29, 0.717) is 8.20 Å². The highest BCUT2D eigenvalue weighted by atomic mass is 31.1. The van der Waals surface area contributed by atoms with E-state index in [1.165, 1.54) is 5.56 Å². The zero-order valence-corrected chi connectivity index (χ0v) is 15.6. The third kappa shape index (κ3) is 4.22. The van der Waals surface area contributed by atoms with Gasteiger partial charge in [-0.2, -0.15) is 0 Å². The van der Waals surface area contributed by atoms with Crippen LogP contribution in [0.3, 0.4) is 0 Å². The molecule has 0 spiro atoms. The predicted octanol–water partition coefficient (Wildman–Crippen LogP) is 3.72. The Balaban J connectivity index is 2.42. The Bertz CT molecular complexity index is 699. The fraction of sp³-hybridized carbons (Fsp3) is 0.350. The van der Waals surface area contributed by atoms with Gasteiger partial charge >= 0.3 is 0 Å². The summed E-state index contributed by atoms with van der Waals surface area (Å²) in [6, 6.07) is 11.9. The number of ether oxygens (including phenoxy) is 1. The van der Waals surface area contributed by atoms with E-state index in [1.54, 1.807) is 7.11 Å². The van der Waals surface area contributed by atoms with Crippen LogP contribution in [0.2, 0.25) is 0 Å². The summed E-state index contributed by atoms with van der Waals surface area (Å²) in [5, 5.41) is 13.7. The molecular formula is C20H24O2P-. The van der Waals surface area contributed by atoms with Gasteiger partial charge in [0, 0.05) is 5.30 Å². The summed E-state index contributed by atoms with van der Waals surface area (Å²) in [5.41, 5.74) is 4.46. The number of benzene rings is 2. The minimum absolute atomic E-state index is 0.0881. The molecule has 0 radical (unpaired) electrons. The monoisotopic (exact) mass is 327 g/mol. The minimum Gasteiger partial charge on any atom is -0.823 e. The van der Waals surface area contributed by atoms with Gasteiger partial charge in [0.15, 0.2) is 0 Å². The molecule has 0 bridgehead atoms. The van der Waals surface area contributed by atoms with Gasteiger partial charge < -0.3 is 9.84 Å². The van der Waals surface area contributed by atoms with Crippen LogP contribution in [-0.4, -0.2) is 12.6 Å². The maximum atomic E-state index is 12.7. The maximum absolute atomic E-state index is 12.7. The summed E-state index contributed by atoms with van der Waals surface area (Å²) in [4.78, 5) is 0. The van der Waals surface area contributed by atoms with Crippen LogP contribution in [0, 0.1) is 13.8 Å². The van der Waals surface area contributed by atoms with Crippen molar-refractivity contribution in [3.63, 3.8) is 0 Å². The Labute approximate surface area is 140 Å². The third-order valence-corrected chi connectivity index (χ3v) is 4.90. The van der Waals surface area contributed by atoms with Crippen molar-refractivity contribution in [1.29, 1.82) is 0 Å². The summed E-state index contributed by atoms with van der Waals surface area (Å²) < 4.78 is 5.15. The molecular weight excluding hydrogens is 303 g/mol. The van der Waals surface area contributed by atoms with E-state index >= 15 is 0 Å². The van der Waals surface area contributed by atoms with E-state index in [2.05, 4.69) is 32.9 Å². The van der Waals surface area contributed by atoms with Crippen LogP contribution < -0.4 is 15.1 Å². The van der Waals surface area contributed by atoms with Crippen molar-refractivity contribution in [2.24, 2.45) is 0 Å². The Morgan fingerprint density at radius 3 is 1.96 bits per heavy atom. The van der Waals surface area contributed by atoms with Gasteiger partial charge in [-0.3, -0.25) is 0 Å². The highest BCUT2D eigenvalue weighted by Crippen LogP contribution is 2.27. The molecule has 2 aromatic carbocycles. The standard InChI is InChI=1S/C20H25O2P/c1-13-11-15(20(3,4)5)12-14(2)18(13)19(21)23-17-9-7-16(22-6)8-10-17/h7-12,21H,1-6H3/p-1. The Morgan fingerprint density at radius 2 is 1.52 bits per heavy atom. The Hall–Kier alpha value is -1.63. The molecule has 0 fully saturated rings. The van der Waals surface area contributed by atoms with Gasteiger partial charge in [-0.05, 0) is 65.8 Å². The van der Waals surface area contributed by atoms with Crippen LogP contribution >= 0.6 is 8.20 Å². The molecule has 0 aliphatic rings. The fourth-order valence-electron chi connectivity index (χ4n) is 2.56. The van der Waals surface area contributed by atoms with Gasteiger partial charge in [-0.25, -0.2) is 0 Å². The van der Waals surface area contributed by atoms with Crippen molar-refractivity contribution in [3.05, 3.63) is 58.7 Å². The van der Waals surface area contributed by atoms with Gasteiger partial charge in [-0.1, -0.05) is 41.1 Å². The molecule has 23 heavy (non-hydrogen) atoms. The van der Waals surface area contributed by atoms with Crippen molar-refractivity contribution < 1.29 is 9.84 Å². The number of methoxy groups -OCH3 is 1. The maximum Gasteiger partial charge on any atom is 0.118 e.